The molecule has 2 aliphatic rings. The van der Waals surface area contributed by atoms with Gasteiger partial charge in [0.1, 0.15) is 0 Å². The largest absolute Gasteiger partial charge is 0.354 e. The van der Waals surface area contributed by atoms with Gasteiger partial charge in [-0.25, -0.2) is 0 Å². The lowest BCUT2D eigenvalue weighted by molar-refractivity contribution is -0.124. The van der Waals surface area contributed by atoms with Gasteiger partial charge >= 0.3 is 0 Å². The lowest BCUT2D eigenvalue weighted by Crippen LogP contribution is -2.47. The minimum atomic E-state index is -0.0220. The molecule has 2 saturated heterocycles. The molecule has 0 bridgehead atoms. The first-order valence-electron chi connectivity index (χ1n) is 9.34. The average Bonchev–Trinajstić information content (AvgIpc) is 3.30. The summed E-state index contributed by atoms with van der Waals surface area (Å²) in [6.07, 6.45) is 4.17. The predicted molar refractivity (Wildman–Crippen MR) is 104 cm³/mol. The van der Waals surface area contributed by atoms with Crippen LogP contribution in [0.2, 0.25) is 4.34 Å². The average molecular weight is 399 g/mol. The third-order valence-electron chi connectivity index (χ3n) is 5.00. The monoisotopic (exact) mass is 398 g/mol. The first kappa shape index (κ1) is 19.6. The molecule has 3 rings (SSSR count). The summed E-state index contributed by atoms with van der Waals surface area (Å²) in [5.74, 6) is 0.569. The predicted octanol–water partition coefficient (Wildman–Crippen LogP) is 1.60. The van der Waals surface area contributed by atoms with E-state index in [1.807, 2.05) is 12.1 Å². The summed E-state index contributed by atoms with van der Waals surface area (Å²) in [6.45, 7) is 4.36. The normalized spacial score (nSPS) is 23.7. The number of carbonyl (C=O) groups excluding carboxylic acids is 2. The highest BCUT2D eigenvalue weighted by Crippen LogP contribution is 2.21. The van der Waals surface area contributed by atoms with E-state index in [1.54, 1.807) is 0 Å². The zero-order valence-corrected chi connectivity index (χ0v) is 16.5. The van der Waals surface area contributed by atoms with Gasteiger partial charge < -0.3 is 16.0 Å². The van der Waals surface area contributed by atoms with Crippen LogP contribution in [0, 0.1) is 5.92 Å². The van der Waals surface area contributed by atoms with Crippen molar-refractivity contribution < 1.29 is 9.59 Å². The molecule has 144 valence electrons. The number of halogens is 1. The van der Waals surface area contributed by atoms with Crippen LogP contribution in [0.5, 0.6) is 0 Å². The molecule has 3 heterocycles. The van der Waals surface area contributed by atoms with Crippen molar-refractivity contribution in [2.75, 3.05) is 32.7 Å². The summed E-state index contributed by atoms with van der Waals surface area (Å²) in [4.78, 5) is 27.5. The van der Waals surface area contributed by atoms with Crippen LogP contribution in [0.4, 0.5) is 0 Å². The van der Waals surface area contributed by atoms with Crippen LogP contribution < -0.4 is 16.0 Å². The molecule has 6 nitrogen and oxygen atoms in total. The van der Waals surface area contributed by atoms with Crippen LogP contribution in [-0.4, -0.2) is 55.5 Å². The molecule has 0 radical (unpaired) electrons. The number of nitrogens with one attached hydrogen (secondary N) is 3. The van der Waals surface area contributed by atoms with E-state index in [0.717, 1.165) is 54.5 Å². The minimum Gasteiger partial charge on any atom is -0.354 e. The molecule has 1 aromatic rings. The van der Waals surface area contributed by atoms with E-state index < -0.39 is 0 Å². The lowest BCUT2D eigenvalue weighted by atomic mass is 9.98. The zero-order chi connectivity index (χ0) is 18.4. The van der Waals surface area contributed by atoms with E-state index in [2.05, 4.69) is 20.9 Å². The van der Waals surface area contributed by atoms with Crippen molar-refractivity contribution in [1.29, 1.82) is 0 Å². The van der Waals surface area contributed by atoms with Crippen molar-refractivity contribution in [3.8, 4) is 0 Å². The van der Waals surface area contributed by atoms with Crippen molar-refractivity contribution in [2.24, 2.45) is 5.92 Å². The van der Waals surface area contributed by atoms with Crippen LogP contribution in [0.3, 0.4) is 0 Å². The Hall–Kier alpha value is -1.15. The fourth-order valence-corrected chi connectivity index (χ4v) is 4.66. The molecule has 8 heteroatoms. The molecule has 2 unspecified atom stereocenters. The minimum absolute atomic E-state index is 0.0220. The van der Waals surface area contributed by atoms with Crippen molar-refractivity contribution in [1.82, 2.24) is 20.9 Å². The third-order valence-corrected chi connectivity index (χ3v) is 6.23. The molecular formula is C18H27ClN4O2S. The molecule has 0 aromatic carbocycles. The maximum absolute atomic E-state index is 12.2. The van der Waals surface area contributed by atoms with E-state index in [4.69, 9.17) is 11.6 Å². The summed E-state index contributed by atoms with van der Waals surface area (Å²) in [7, 11) is 0. The Bertz CT molecular complexity index is 618. The Balaban J connectivity index is 1.35. The number of amides is 2. The van der Waals surface area contributed by atoms with Gasteiger partial charge in [0.2, 0.25) is 11.8 Å². The molecule has 2 amide bonds. The van der Waals surface area contributed by atoms with Crippen LogP contribution in [0.1, 0.15) is 30.6 Å². The van der Waals surface area contributed by atoms with Gasteiger partial charge in [-0.15, -0.1) is 11.3 Å². The molecule has 1 aromatic heterocycles. The number of thiophene rings is 1. The van der Waals surface area contributed by atoms with E-state index >= 15 is 0 Å². The molecule has 0 aliphatic carbocycles. The highest BCUT2D eigenvalue weighted by molar-refractivity contribution is 7.16. The summed E-state index contributed by atoms with van der Waals surface area (Å²) in [6, 6.07) is 3.76. The third kappa shape index (κ3) is 5.94. The standard InChI is InChI=1S/C18H27ClN4O2S/c19-16-6-5-14(26-16)10-21-17(24)12-23-8-2-3-13(11-23)9-22-18(25)15-4-1-7-20-15/h5-6,13,15,20H,1-4,7-12H2,(H,21,24)(H,22,25). The van der Waals surface area contributed by atoms with Crippen molar-refractivity contribution >= 4 is 34.8 Å². The second kappa shape index (κ2) is 9.69. The topological polar surface area (TPSA) is 73.5 Å². The maximum atomic E-state index is 12.2. The van der Waals surface area contributed by atoms with Gasteiger partial charge in [-0.1, -0.05) is 11.6 Å². The number of hydrogen-bond donors (Lipinski definition) is 3. The number of carbonyl (C=O) groups is 2. The van der Waals surface area contributed by atoms with Crippen molar-refractivity contribution in [2.45, 2.75) is 38.3 Å². The second-order valence-electron chi connectivity index (χ2n) is 7.12. The molecular weight excluding hydrogens is 372 g/mol. The summed E-state index contributed by atoms with van der Waals surface area (Å²) < 4.78 is 0.739. The fourth-order valence-electron chi connectivity index (χ4n) is 3.63. The molecule has 3 N–H and O–H groups in total. The van der Waals surface area contributed by atoms with Gasteiger partial charge in [0, 0.05) is 18.0 Å². The van der Waals surface area contributed by atoms with Crippen LogP contribution >= 0.6 is 22.9 Å². The highest BCUT2D eigenvalue weighted by Gasteiger charge is 2.25. The Labute approximate surface area is 163 Å². The molecule has 26 heavy (non-hydrogen) atoms. The number of rotatable bonds is 7. The molecule has 0 saturated carbocycles. The van der Waals surface area contributed by atoms with Gasteiger partial charge in [-0.3, -0.25) is 14.5 Å². The zero-order valence-electron chi connectivity index (χ0n) is 14.9. The van der Waals surface area contributed by atoms with Gasteiger partial charge in [0.25, 0.3) is 0 Å². The smallest absolute Gasteiger partial charge is 0.237 e. The van der Waals surface area contributed by atoms with Gasteiger partial charge in [-0.05, 0) is 56.8 Å². The molecule has 2 atom stereocenters. The van der Waals surface area contributed by atoms with Gasteiger partial charge in [-0.2, -0.15) is 0 Å². The van der Waals surface area contributed by atoms with Crippen LogP contribution in [0.25, 0.3) is 0 Å². The van der Waals surface area contributed by atoms with Gasteiger partial charge in [0.15, 0.2) is 0 Å². The van der Waals surface area contributed by atoms with E-state index in [9.17, 15) is 9.59 Å². The van der Waals surface area contributed by atoms with E-state index in [1.165, 1.54) is 11.3 Å². The van der Waals surface area contributed by atoms with E-state index in [0.29, 0.717) is 25.6 Å². The highest BCUT2D eigenvalue weighted by atomic mass is 35.5. The Kier molecular flexibility index (Phi) is 7.31. The SMILES string of the molecule is O=C(CN1CCCC(CNC(=O)C2CCCN2)C1)NCc1ccc(Cl)s1. The first-order chi connectivity index (χ1) is 12.6. The summed E-state index contributed by atoms with van der Waals surface area (Å²) in [5.41, 5.74) is 0. The molecule has 2 fully saturated rings. The second-order valence-corrected chi connectivity index (χ2v) is 8.92. The lowest BCUT2D eigenvalue weighted by Gasteiger charge is -2.32. The van der Waals surface area contributed by atoms with Gasteiger partial charge in [0.05, 0.1) is 23.5 Å². The summed E-state index contributed by atoms with van der Waals surface area (Å²) >= 11 is 7.39. The van der Waals surface area contributed by atoms with Crippen LogP contribution in [0.15, 0.2) is 12.1 Å². The Morgan fingerprint density at radius 3 is 2.88 bits per heavy atom. The maximum Gasteiger partial charge on any atom is 0.237 e. The summed E-state index contributed by atoms with van der Waals surface area (Å²) in [5, 5.41) is 9.26. The van der Waals surface area contributed by atoms with Crippen molar-refractivity contribution in [3.63, 3.8) is 0 Å². The number of likely N-dealkylation sites (tertiary alicyclic amines) is 1. The number of nitrogens with zero attached hydrogens (tertiary/aromatic N) is 1. The molecule has 0 spiro atoms. The quantitative estimate of drug-likeness (QED) is 0.652. The first-order valence-corrected chi connectivity index (χ1v) is 10.5. The van der Waals surface area contributed by atoms with Crippen molar-refractivity contribution in [3.05, 3.63) is 21.3 Å². The number of piperidine rings is 1. The fraction of sp³-hybridized carbons (Fsp3) is 0.667. The Morgan fingerprint density at radius 1 is 1.27 bits per heavy atom. The number of hydrogen-bond acceptors (Lipinski definition) is 5. The molecule has 2 aliphatic heterocycles. The van der Waals surface area contributed by atoms with Crippen LogP contribution in [-0.2, 0) is 16.1 Å². The van der Waals surface area contributed by atoms with E-state index in [-0.39, 0.29) is 17.9 Å². The Morgan fingerprint density at radius 2 is 2.15 bits per heavy atom.